The van der Waals surface area contributed by atoms with Gasteiger partial charge in [0.1, 0.15) is 0 Å². The van der Waals surface area contributed by atoms with Crippen LogP contribution in [0.3, 0.4) is 0 Å². The molecule has 2 N–H and O–H groups in total. The van der Waals surface area contributed by atoms with Gasteiger partial charge in [-0.2, -0.15) is 0 Å². The van der Waals surface area contributed by atoms with Crippen LogP contribution in [0, 0.1) is 12.8 Å². The standard InChI is InChI=1S/C17H19N3O4/c1-8-14-12(7-13(9-2-3-9)19-16(14)24-20-8)15(21)18-11-5-4-10(6-11)17(22)23/h7,9-11H,2-6H2,1H3,(H,18,21)(H,22,23)/t10-,11+/m1/s1. The van der Waals surface area contributed by atoms with Crippen LogP contribution in [-0.4, -0.2) is 33.2 Å². The van der Waals surface area contributed by atoms with Crippen molar-refractivity contribution in [2.24, 2.45) is 5.92 Å². The number of carboxylic acids is 1. The topological polar surface area (TPSA) is 105 Å². The van der Waals surface area contributed by atoms with Gasteiger partial charge in [0.25, 0.3) is 11.6 Å². The maximum atomic E-state index is 12.8. The first-order valence-corrected chi connectivity index (χ1v) is 8.33. The molecule has 24 heavy (non-hydrogen) atoms. The summed E-state index contributed by atoms with van der Waals surface area (Å²) in [5.74, 6) is -0.961. The van der Waals surface area contributed by atoms with E-state index < -0.39 is 5.97 Å². The number of carboxylic acid groups (broad SMARTS) is 1. The maximum Gasteiger partial charge on any atom is 0.306 e. The predicted octanol–water partition coefficient (Wildman–Crippen LogP) is 2.39. The SMILES string of the molecule is Cc1noc2nc(C3CC3)cc(C(=O)N[C@H]3CC[C@@H](C(=O)O)C3)c12. The van der Waals surface area contributed by atoms with E-state index in [-0.39, 0.29) is 17.9 Å². The molecule has 1 amide bonds. The van der Waals surface area contributed by atoms with Gasteiger partial charge in [-0.25, -0.2) is 4.98 Å². The minimum Gasteiger partial charge on any atom is -0.481 e. The third kappa shape index (κ3) is 2.64. The van der Waals surface area contributed by atoms with Gasteiger partial charge in [0.15, 0.2) is 0 Å². The molecule has 0 aliphatic heterocycles. The zero-order valence-corrected chi connectivity index (χ0v) is 13.4. The third-order valence-corrected chi connectivity index (χ3v) is 4.99. The van der Waals surface area contributed by atoms with Crippen LogP contribution in [-0.2, 0) is 4.79 Å². The molecule has 4 rings (SSSR count). The molecule has 2 aromatic rings. The number of amides is 1. The van der Waals surface area contributed by atoms with Crippen molar-refractivity contribution in [2.75, 3.05) is 0 Å². The van der Waals surface area contributed by atoms with E-state index in [1.165, 1.54) is 0 Å². The number of hydrogen-bond donors (Lipinski definition) is 2. The van der Waals surface area contributed by atoms with Crippen molar-refractivity contribution < 1.29 is 19.2 Å². The number of pyridine rings is 1. The van der Waals surface area contributed by atoms with Gasteiger partial charge in [-0.1, -0.05) is 5.16 Å². The Morgan fingerprint density at radius 2 is 2.08 bits per heavy atom. The number of fused-ring (bicyclic) bond motifs is 1. The molecule has 2 aromatic heterocycles. The van der Waals surface area contributed by atoms with Crippen molar-refractivity contribution in [3.05, 3.63) is 23.0 Å². The number of aryl methyl sites for hydroxylation is 1. The summed E-state index contributed by atoms with van der Waals surface area (Å²) < 4.78 is 5.26. The van der Waals surface area contributed by atoms with Gasteiger partial charge in [0, 0.05) is 17.7 Å². The number of carbonyl (C=O) groups is 2. The summed E-state index contributed by atoms with van der Waals surface area (Å²) >= 11 is 0. The third-order valence-electron chi connectivity index (χ3n) is 4.99. The van der Waals surface area contributed by atoms with Crippen LogP contribution < -0.4 is 5.32 Å². The Labute approximate surface area is 138 Å². The predicted molar refractivity (Wildman–Crippen MR) is 84.7 cm³/mol. The molecule has 7 heteroatoms. The smallest absolute Gasteiger partial charge is 0.306 e. The normalized spacial score (nSPS) is 23.5. The van der Waals surface area contributed by atoms with Gasteiger partial charge in [0.05, 0.1) is 22.6 Å². The molecule has 0 saturated heterocycles. The molecule has 2 fully saturated rings. The minimum absolute atomic E-state index is 0.105. The highest BCUT2D eigenvalue weighted by Crippen LogP contribution is 2.40. The average molecular weight is 329 g/mol. The van der Waals surface area contributed by atoms with E-state index in [0.29, 0.717) is 47.5 Å². The van der Waals surface area contributed by atoms with Crippen LogP contribution >= 0.6 is 0 Å². The van der Waals surface area contributed by atoms with Gasteiger partial charge in [-0.05, 0) is 45.1 Å². The van der Waals surface area contributed by atoms with E-state index in [4.69, 9.17) is 9.63 Å². The van der Waals surface area contributed by atoms with Crippen LogP contribution in [0.15, 0.2) is 10.6 Å². The van der Waals surface area contributed by atoms with Crippen molar-refractivity contribution in [3.8, 4) is 0 Å². The Morgan fingerprint density at radius 1 is 1.29 bits per heavy atom. The van der Waals surface area contributed by atoms with Crippen molar-refractivity contribution >= 4 is 23.0 Å². The molecule has 2 aliphatic rings. The average Bonchev–Trinajstić information content (AvgIpc) is 3.19. The fraction of sp³-hybridized carbons (Fsp3) is 0.529. The zero-order chi connectivity index (χ0) is 16.8. The summed E-state index contributed by atoms with van der Waals surface area (Å²) in [5, 5.41) is 16.6. The van der Waals surface area contributed by atoms with Crippen molar-refractivity contribution in [2.45, 2.75) is 51.0 Å². The summed E-state index contributed by atoms with van der Waals surface area (Å²) in [6.07, 6.45) is 3.93. The van der Waals surface area contributed by atoms with E-state index in [0.717, 1.165) is 18.5 Å². The second kappa shape index (κ2) is 5.58. The number of aromatic nitrogens is 2. The lowest BCUT2D eigenvalue weighted by atomic mass is 10.1. The molecule has 2 atom stereocenters. The molecule has 0 bridgehead atoms. The molecule has 2 saturated carbocycles. The molecule has 0 aromatic carbocycles. The van der Waals surface area contributed by atoms with Gasteiger partial charge in [-0.3, -0.25) is 9.59 Å². The molecule has 0 radical (unpaired) electrons. The van der Waals surface area contributed by atoms with Crippen LogP contribution in [0.25, 0.3) is 11.1 Å². The lowest BCUT2D eigenvalue weighted by Gasteiger charge is -2.13. The molecule has 0 unspecified atom stereocenters. The first-order chi connectivity index (χ1) is 11.5. The van der Waals surface area contributed by atoms with Gasteiger partial charge in [0.2, 0.25) is 0 Å². The van der Waals surface area contributed by atoms with Gasteiger partial charge < -0.3 is 14.9 Å². The Bertz CT molecular complexity index is 825. The van der Waals surface area contributed by atoms with E-state index >= 15 is 0 Å². The number of nitrogens with one attached hydrogen (secondary N) is 1. The zero-order valence-electron chi connectivity index (χ0n) is 13.4. The number of hydrogen-bond acceptors (Lipinski definition) is 5. The Hall–Kier alpha value is -2.44. The van der Waals surface area contributed by atoms with Gasteiger partial charge >= 0.3 is 5.97 Å². The summed E-state index contributed by atoms with van der Waals surface area (Å²) in [7, 11) is 0. The van der Waals surface area contributed by atoms with E-state index in [1.807, 2.05) is 6.07 Å². The van der Waals surface area contributed by atoms with Crippen LogP contribution in [0.5, 0.6) is 0 Å². The summed E-state index contributed by atoms with van der Waals surface area (Å²) in [6, 6.07) is 1.73. The summed E-state index contributed by atoms with van der Waals surface area (Å²) in [4.78, 5) is 28.3. The van der Waals surface area contributed by atoms with E-state index in [2.05, 4.69) is 15.5 Å². The van der Waals surface area contributed by atoms with Crippen molar-refractivity contribution in [3.63, 3.8) is 0 Å². The highest BCUT2D eigenvalue weighted by atomic mass is 16.5. The van der Waals surface area contributed by atoms with Crippen LogP contribution in [0.2, 0.25) is 0 Å². The molecule has 7 nitrogen and oxygen atoms in total. The van der Waals surface area contributed by atoms with E-state index in [9.17, 15) is 9.59 Å². The summed E-state index contributed by atoms with van der Waals surface area (Å²) in [5.41, 5.74) is 2.44. The number of rotatable bonds is 4. The second-order valence-corrected chi connectivity index (χ2v) is 6.84. The van der Waals surface area contributed by atoms with Crippen molar-refractivity contribution in [1.29, 1.82) is 0 Å². The molecular formula is C17H19N3O4. The number of nitrogens with zero attached hydrogens (tertiary/aromatic N) is 2. The first-order valence-electron chi connectivity index (χ1n) is 8.33. The molecule has 126 valence electrons. The maximum absolute atomic E-state index is 12.8. The van der Waals surface area contributed by atoms with Crippen molar-refractivity contribution in [1.82, 2.24) is 15.5 Å². The summed E-state index contributed by atoms with van der Waals surface area (Å²) in [6.45, 7) is 1.79. The fourth-order valence-electron chi connectivity index (χ4n) is 3.48. The fourth-order valence-corrected chi connectivity index (χ4v) is 3.48. The van der Waals surface area contributed by atoms with E-state index in [1.54, 1.807) is 6.92 Å². The Kier molecular flexibility index (Phi) is 3.51. The molecular weight excluding hydrogens is 310 g/mol. The first kappa shape index (κ1) is 15.1. The minimum atomic E-state index is -0.788. The lowest BCUT2D eigenvalue weighted by molar-refractivity contribution is -0.141. The van der Waals surface area contributed by atoms with Crippen LogP contribution in [0.4, 0.5) is 0 Å². The Morgan fingerprint density at radius 3 is 2.75 bits per heavy atom. The second-order valence-electron chi connectivity index (χ2n) is 6.84. The molecule has 2 heterocycles. The number of carbonyl (C=O) groups excluding carboxylic acids is 1. The molecule has 2 aliphatic carbocycles. The lowest BCUT2D eigenvalue weighted by Crippen LogP contribution is -2.33. The highest BCUT2D eigenvalue weighted by molar-refractivity contribution is 6.06. The quantitative estimate of drug-likeness (QED) is 0.892. The Balaban J connectivity index is 1.61. The monoisotopic (exact) mass is 329 g/mol. The highest BCUT2D eigenvalue weighted by Gasteiger charge is 2.32. The largest absolute Gasteiger partial charge is 0.481 e. The van der Waals surface area contributed by atoms with Gasteiger partial charge in [-0.15, -0.1) is 0 Å². The number of aliphatic carboxylic acids is 1. The van der Waals surface area contributed by atoms with Crippen LogP contribution in [0.1, 0.15) is 59.8 Å². The molecule has 0 spiro atoms.